The molecule has 1 aromatic heterocycles. The Balaban J connectivity index is 2.17. The molecule has 1 aromatic rings. The summed E-state index contributed by atoms with van der Waals surface area (Å²) in [4.78, 5) is 0. The molecule has 0 aliphatic carbocycles. The lowest BCUT2D eigenvalue weighted by atomic mass is 10.1. The first-order chi connectivity index (χ1) is 9.59. The first-order valence-corrected chi connectivity index (χ1v) is 8.48. The van der Waals surface area contributed by atoms with Crippen LogP contribution in [0, 0.1) is 0 Å². The lowest BCUT2D eigenvalue weighted by Gasteiger charge is -2.37. The summed E-state index contributed by atoms with van der Waals surface area (Å²) in [6.07, 6.45) is 4.33. The van der Waals surface area contributed by atoms with E-state index in [1.54, 1.807) is 22.7 Å². The Kier molecular flexibility index (Phi) is 5.20. The second kappa shape index (κ2) is 6.71. The molecule has 2 N–H and O–H groups in total. The monoisotopic (exact) mass is 301 g/mol. The van der Waals surface area contributed by atoms with Crippen molar-refractivity contribution in [1.29, 1.82) is 0 Å². The third kappa shape index (κ3) is 3.22. The number of nitrogens with zero attached hydrogens (tertiary/aromatic N) is 2. The maximum Gasteiger partial charge on any atom is 0.282 e. The fourth-order valence-electron chi connectivity index (χ4n) is 2.59. The van der Waals surface area contributed by atoms with Crippen LogP contribution in [-0.4, -0.2) is 42.7 Å². The first kappa shape index (κ1) is 15.5. The van der Waals surface area contributed by atoms with Gasteiger partial charge in [0.15, 0.2) is 0 Å². The highest BCUT2D eigenvalue weighted by Gasteiger charge is 2.35. The van der Waals surface area contributed by atoms with E-state index in [0.29, 0.717) is 25.4 Å². The van der Waals surface area contributed by atoms with Crippen LogP contribution in [0.2, 0.25) is 0 Å². The van der Waals surface area contributed by atoms with E-state index in [2.05, 4.69) is 0 Å². The van der Waals surface area contributed by atoms with Gasteiger partial charge in [-0.1, -0.05) is 13.3 Å². The van der Waals surface area contributed by atoms with Crippen LogP contribution in [0.4, 0.5) is 0 Å². The predicted molar refractivity (Wildman–Crippen MR) is 77.1 cm³/mol. The second-order valence-corrected chi connectivity index (χ2v) is 6.89. The van der Waals surface area contributed by atoms with Gasteiger partial charge in [0, 0.05) is 25.7 Å². The standard InChI is InChI=1S/C13H23N3O3S/c1-2-15(11-13-7-5-9-19-13)20(17,18)16-8-4-3-6-12(16)10-14/h5,7,9,12H,2-4,6,8,10-11,14H2,1H3. The summed E-state index contributed by atoms with van der Waals surface area (Å²) in [5, 5.41) is 0. The molecule has 1 aliphatic rings. The van der Waals surface area contributed by atoms with Crippen LogP contribution in [0.3, 0.4) is 0 Å². The molecule has 1 fully saturated rings. The van der Waals surface area contributed by atoms with Gasteiger partial charge < -0.3 is 10.2 Å². The fraction of sp³-hybridized carbons (Fsp3) is 0.692. The van der Waals surface area contributed by atoms with Crippen molar-refractivity contribution in [3.63, 3.8) is 0 Å². The lowest BCUT2D eigenvalue weighted by molar-refractivity contribution is 0.232. The van der Waals surface area contributed by atoms with Gasteiger partial charge in [-0.2, -0.15) is 17.0 Å². The zero-order chi connectivity index (χ0) is 14.6. The smallest absolute Gasteiger partial charge is 0.282 e. The highest BCUT2D eigenvalue weighted by molar-refractivity contribution is 7.86. The van der Waals surface area contributed by atoms with Gasteiger partial charge in [-0.05, 0) is 25.0 Å². The van der Waals surface area contributed by atoms with E-state index in [1.165, 1.54) is 4.31 Å². The third-order valence-corrected chi connectivity index (χ3v) is 5.85. The molecule has 20 heavy (non-hydrogen) atoms. The van der Waals surface area contributed by atoms with E-state index in [0.717, 1.165) is 19.3 Å². The van der Waals surface area contributed by atoms with E-state index >= 15 is 0 Å². The van der Waals surface area contributed by atoms with E-state index in [9.17, 15) is 8.42 Å². The molecule has 0 saturated carbocycles. The summed E-state index contributed by atoms with van der Waals surface area (Å²) in [6, 6.07) is 3.47. The van der Waals surface area contributed by atoms with Crippen molar-refractivity contribution >= 4 is 10.2 Å². The minimum absolute atomic E-state index is 0.0839. The molecule has 0 radical (unpaired) electrons. The fourth-order valence-corrected chi connectivity index (χ4v) is 4.44. The van der Waals surface area contributed by atoms with Crippen molar-refractivity contribution in [3.8, 4) is 0 Å². The zero-order valence-corrected chi connectivity index (χ0v) is 12.7. The number of piperidine rings is 1. The highest BCUT2D eigenvalue weighted by atomic mass is 32.2. The van der Waals surface area contributed by atoms with Gasteiger partial charge in [0.25, 0.3) is 10.2 Å². The summed E-state index contributed by atoms with van der Waals surface area (Å²) in [7, 11) is -3.48. The topological polar surface area (TPSA) is 79.8 Å². The van der Waals surface area contributed by atoms with Crippen molar-refractivity contribution in [1.82, 2.24) is 8.61 Å². The summed E-state index contributed by atoms with van der Waals surface area (Å²) >= 11 is 0. The van der Waals surface area contributed by atoms with E-state index in [1.807, 2.05) is 6.92 Å². The van der Waals surface area contributed by atoms with Gasteiger partial charge >= 0.3 is 0 Å². The Bertz CT molecular complexity index is 501. The van der Waals surface area contributed by atoms with Crippen molar-refractivity contribution in [2.24, 2.45) is 5.73 Å². The van der Waals surface area contributed by atoms with Crippen LogP contribution in [0.1, 0.15) is 31.9 Å². The number of hydrogen-bond donors (Lipinski definition) is 1. The maximum atomic E-state index is 12.8. The summed E-state index contributed by atoms with van der Waals surface area (Å²) in [6.45, 7) is 3.44. The molecule has 1 atom stereocenters. The molecular weight excluding hydrogens is 278 g/mol. The number of hydrogen-bond acceptors (Lipinski definition) is 4. The molecule has 0 amide bonds. The van der Waals surface area contributed by atoms with Gasteiger partial charge in [-0.3, -0.25) is 0 Å². The summed E-state index contributed by atoms with van der Waals surface area (Å²) in [5.41, 5.74) is 5.72. The highest BCUT2D eigenvalue weighted by Crippen LogP contribution is 2.23. The number of nitrogens with two attached hydrogens (primary N) is 1. The SMILES string of the molecule is CCN(Cc1ccco1)S(=O)(=O)N1CCCCC1CN. The Hall–Kier alpha value is -0.890. The molecule has 7 heteroatoms. The molecule has 2 heterocycles. The van der Waals surface area contributed by atoms with Gasteiger partial charge in [-0.15, -0.1) is 0 Å². The van der Waals surface area contributed by atoms with Gasteiger partial charge in [-0.25, -0.2) is 0 Å². The molecule has 1 saturated heterocycles. The van der Waals surface area contributed by atoms with E-state index < -0.39 is 10.2 Å². The molecule has 0 bridgehead atoms. The van der Waals surface area contributed by atoms with Crippen molar-refractivity contribution < 1.29 is 12.8 Å². The quantitative estimate of drug-likeness (QED) is 0.855. The number of rotatable bonds is 6. The van der Waals surface area contributed by atoms with E-state index in [-0.39, 0.29) is 12.6 Å². The molecule has 114 valence electrons. The molecule has 2 rings (SSSR count). The zero-order valence-electron chi connectivity index (χ0n) is 11.9. The van der Waals surface area contributed by atoms with Crippen LogP contribution in [0.25, 0.3) is 0 Å². The van der Waals surface area contributed by atoms with Crippen LogP contribution < -0.4 is 5.73 Å². The summed E-state index contributed by atoms with van der Waals surface area (Å²) in [5.74, 6) is 0.650. The Morgan fingerprint density at radius 1 is 1.50 bits per heavy atom. The maximum absolute atomic E-state index is 12.8. The van der Waals surface area contributed by atoms with Crippen LogP contribution in [0.5, 0.6) is 0 Å². The Labute approximate surface area is 120 Å². The molecule has 0 spiro atoms. The van der Waals surface area contributed by atoms with Crippen molar-refractivity contribution in [3.05, 3.63) is 24.2 Å². The normalized spacial score (nSPS) is 21.4. The summed E-state index contributed by atoms with van der Waals surface area (Å²) < 4.78 is 33.8. The average molecular weight is 301 g/mol. The minimum Gasteiger partial charge on any atom is -0.468 e. The first-order valence-electron chi connectivity index (χ1n) is 7.09. The second-order valence-electron chi connectivity index (χ2n) is 5.01. The Morgan fingerprint density at radius 3 is 2.90 bits per heavy atom. The van der Waals surface area contributed by atoms with Gasteiger partial charge in [0.1, 0.15) is 5.76 Å². The molecular formula is C13H23N3O3S. The predicted octanol–water partition coefficient (Wildman–Crippen LogP) is 1.16. The molecule has 6 nitrogen and oxygen atoms in total. The van der Waals surface area contributed by atoms with Gasteiger partial charge in [0.05, 0.1) is 12.8 Å². The molecule has 1 aliphatic heterocycles. The van der Waals surface area contributed by atoms with Crippen LogP contribution in [0.15, 0.2) is 22.8 Å². The van der Waals surface area contributed by atoms with Crippen LogP contribution >= 0.6 is 0 Å². The van der Waals surface area contributed by atoms with Gasteiger partial charge in [0.2, 0.25) is 0 Å². The third-order valence-electron chi connectivity index (χ3n) is 3.73. The lowest BCUT2D eigenvalue weighted by Crippen LogP contribution is -2.52. The minimum atomic E-state index is -3.48. The molecule has 0 aromatic carbocycles. The van der Waals surface area contributed by atoms with Crippen molar-refractivity contribution in [2.75, 3.05) is 19.6 Å². The number of furan rings is 1. The van der Waals surface area contributed by atoms with E-state index in [4.69, 9.17) is 10.2 Å². The molecule has 1 unspecified atom stereocenters. The Morgan fingerprint density at radius 2 is 2.30 bits per heavy atom. The van der Waals surface area contributed by atoms with Crippen molar-refractivity contribution in [2.45, 2.75) is 38.8 Å². The van der Waals surface area contributed by atoms with Crippen LogP contribution in [-0.2, 0) is 16.8 Å². The largest absolute Gasteiger partial charge is 0.468 e. The average Bonchev–Trinajstić information content (AvgIpc) is 2.97.